The monoisotopic (exact) mass is 227 g/mol. The molecule has 2 aromatic heterocycles. The minimum atomic E-state index is 0.588. The Labute approximate surface area is 99.7 Å². The highest BCUT2D eigenvalue weighted by molar-refractivity contribution is 5.44. The van der Waals surface area contributed by atoms with E-state index in [2.05, 4.69) is 21.4 Å². The van der Waals surface area contributed by atoms with Crippen LogP contribution in [0.25, 0.3) is 0 Å². The molecule has 5 heteroatoms. The van der Waals surface area contributed by atoms with Crippen LogP contribution in [-0.2, 0) is 13.6 Å². The first-order chi connectivity index (χ1) is 8.19. The summed E-state index contributed by atoms with van der Waals surface area (Å²) >= 11 is 0. The fourth-order valence-corrected chi connectivity index (χ4v) is 1.56. The Morgan fingerprint density at radius 3 is 2.94 bits per heavy atom. The maximum Gasteiger partial charge on any atom is 0.127 e. The quantitative estimate of drug-likeness (QED) is 0.865. The Balaban J connectivity index is 2.12. The van der Waals surface area contributed by atoms with Crippen molar-refractivity contribution in [2.45, 2.75) is 13.5 Å². The Hall–Kier alpha value is -2.35. The third kappa shape index (κ3) is 2.61. The van der Waals surface area contributed by atoms with Crippen LogP contribution < -0.4 is 5.32 Å². The fourth-order valence-electron chi connectivity index (χ4n) is 1.56. The Kier molecular flexibility index (Phi) is 3.06. The number of nitrogens with zero attached hydrogens (tertiary/aromatic N) is 4. The van der Waals surface area contributed by atoms with E-state index in [4.69, 9.17) is 5.26 Å². The number of pyridine rings is 1. The number of aryl methyl sites for hydroxylation is 2. The van der Waals surface area contributed by atoms with Crippen molar-refractivity contribution in [1.82, 2.24) is 14.5 Å². The van der Waals surface area contributed by atoms with E-state index in [0.29, 0.717) is 17.9 Å². The molecule has 0 unspecified atom stereocenters. The summed E-state index contributed by atoms with van der Waals surface area (Å²) in [6, 6.07) is 5.60. The first kappa shape index (κ1) is 11.1. The number of nitrogens with one attached hydrogen (secondary N) is 1. The number of rotatable bonds is 3. The minimum absolute atomic E-state index is 0.588. The van der Waals surface area contributed by atoms with Crippen LogP contribution >= 0.6 is 0 Å². The van der Waals surface area contributed by atoms with Gasteiger partial charge in [-0.05, 0) is 19.1 Å². The van der Waals surface area contributed by atoms with Crippen LogP contribution in [0.2, 0.25) is 0 Å². The van der Waals surface area contributed by atoms with Gasteiger partial charge in [-0.15, -0.1) is 0 Å². The Morgan fingerprint density at radius 1 is 1.47 bits per heavy atom. The number of nitriles is 1. The molecule has 0 aliphatic heterocycles. The van der Waals surface area contributed by atoms with Crippen LogP contribution in [0.1, 0.15) is 17.1 Å². The molecule has 17 heavy (non-hydrogen) atoms. The van der Waals surface area contributed by atoms with Crippen LogP contribution in [0.4, 0.5) is 5.82 Å². The van der Waals surface area contributed by atoms with Crippen molar-refractivity contribution in [1.29, 1.82) is 5.26 Å². The SMILES string of the molecule is Cc1cc(C#N)cc(NCc2nccn2C)n1. The van der Waals surface area contributed by atoms with Gasteiger partial charge < -0.3 is 9.88 Å². The predicted molar refractivity (Wildman–Crippen MR) is 64.2 cm³/mol. The molecule has 0 aromatic carbocycles. The van der Waals surface area contributed by atoms with Gasteiger partial charge in [0.05, 0.1) is 18.2 Å². The summed E-state index contributed by atoms with van der Waals surface area (Å²) in [4.78, 5) is 8.52. The molecule has 2 aromatic rings. The lowest BCUT2D eigenvalue weighted by Crippen LogP contribution is -2.07. The molecule has 0 saturated heterocycles. The molecule has 0 amide bonds. The second-order valence-corrected chi connectivity index (χ2v) is 3.80. The highest BCUT2D eigenvalue weighted by Gasteiger charge is 2.02. The molecule has 0 atom stereocenters. The lowest BCUT2D eigenvalue weighted by Gasteiger charge is -2.06. The normalized spacial score (nSPS) is 9.94. The molecule has 0 bridgehead atoms. The number of hydrogen-bond donors (Lipinski definition) is 1. The van der Waals surface area contributed by atoms with Crippen LogP contribution in [0.5, 0.6) is 0 Å². The maximum atomic E-state index is 8.86. The van der Waals surface area contributed by atoms with Gasteiger partial charge in [-0.3, -0.25) is 0 Å². The topological polar surface area (TPSA) is 66.5 Å². The van der Waals surface area contributed by atoms with Gasteiger partial charge in [0.25, 0.3) is 0 Å². The summed E-state index contributed by atoms with van der Waals surface area (Å²) in [6.07, 6.45) is 3.64. The van der Waals surface area contributed by atoms with Crippen molar-refractivity contribution in [2.75, 3.05) is 5.32 Å². The van der Waals surface area contributed by atoms with Crippen LogP contribution in [0.15, 0.2) is 24.5 Å². The number of hydrogen-bond acceptors (Lipinski definition) is 4. The van der Waals surface area contributed by atoms with E-state index in [9.17, 15) is 0 Å². The third-order valence-corrected chi connectivity index (χ3v) is 2.43. The molecule has 2 heterocycles. The Morgan fingerprint density at radius 2 is 2.29 bits per heavy atom. The van der Waals surface area contributed by atoms with Gasteiger partial charge in [-0.1, -0.05) is 0 Å². The average Bonchev–Trinajstić information content (AvgIpc) is 2.71. The van der Waals surface area contributed by atoms with Gasteiger partial charge in [-0.2, -0.15) is 5.26 Å². The van der Waals surface area contributed by atoms with Gasteiger partial charge in [-0.25, -0.2) is 9.97 Å². The molecule has 5 nitrogen and oxygen atoms in total. The van der Waals surface area contributed by atoms with Crippen LogP contribution in [0, 0.1) is 18.3 Å². The van der Waals surface area contributed by atoms with Gasteiger partial charge in [0.2, 0.25) is 0 Å². The van der Waals surface area contributed by atoms with E-state index < -0.39 is 0 Å². The van der Waals surface area contributed by atoms with Gasteiger partial charge in [0.1, 0.15) is 11.6 Å². The maximum absolute atomic E-state index is 8.86. The lowest BCUT2D eigenvalue weighted by molar-refractivity contribution is 0.810. The molecule has 1 N–H and O–H groups in total. The van der Waals surface area contributed by atoms with Gasteiger partial charge in [0, 0.05) is 25.1 Å². The summed E-state index contributed by atoms with van der Waals surface area (Å²) in [5, 5.41) is 12.0. The summed E-state index contributed by atoms with van der Waals surface area (Å²) < 4.78 is 1.94. The molecule has 0 aliphatic carbocycles. The van der Waals surface area contributed by atoms with E-state index in [1.807, 2.05) is 24.7 Å². The first-order valence-electron chi connectivity index (χ1n) is 5.28. The molecular weight excluding hydrogens is 214 g/mol. The molecule has 2 rings (SSSR count). The van der Waals surface area contributed by atoms with Crippen molar-refractivity contribution >= 4 is 5.82 Å². The van der Waals surface area contributed by atoms with Crippen molar-refractivity contribution in [3.63, 3.8) is 0 Å². The van der Waals surface area contributed by atoms with Crippen molar-refractivity contribution < 1.29 is 0 Å². The summed E-state index contributed by atoms with van der Waals surface area (Å²) in [7, 11) is 1.94. The zero-order valence-electron chi connectivity index (χ0n) is 9.81. The van der Waals surface area contributed by atoms with E-state index in [0.717, 1.165) is 11.5 Å². The average molecular weight is 227 g/mol. The number of imidazole rings is 1. The standard InChI is InChI=1S/C12H13N5/c1-9-5-10(7-13)6-11(16-9)15-8-12-14-3-4-17(12)2/h3-6H,8H2,1-2H3,(H,15,16). The fraction of sp³-hybridized carbons (Fsp3) is 0.250. The second-order valence-electron chi connectivity index (χ2n) is 3.80. The third-order valence-electron chi connectivity index (χ3n) is 2.43. The molecule has 0 aliphatic rings. The predicted octanol–water partition coefficient (Wildman–Crippen LogP) is 1.61. The van der Waals surface area contributed by atoms with Crippen molar-refractivity contribution in [2.24, 2.45) is 7.05 Å². The van der Waals surface area contributed by atoms with Crippen molar-refractivity contribution in [3.8, 4) is 6.07 Å². The Bertz CT molecular complexity index is 565. The van der Waals surface area contributed by atoms with Gasteiger partial charge in [0.15, 0.2) is 0 Å². The van der Waals surface area contributed by atoms with E-state index in [-0.39, 0.29) is 0 Å². The van der Waals surface area contributed by atoms with Crippen molar-refractivity contribution in [3.05, 3.63) is 41.6 Å². The molecule has 0 fully saturated rings. The van der Waals surface area contributed by atoms with E-state index in [1.165, 1.54) is 0 Å². The highest BCUT2D eigenvalue weighted by atomic mass is 15.1. The summed E-state index contributed by atoms with van der Waals surface area (Å²) in [5.41, 5.74) is 1.44. The van der Waals surface area contributed by atoms with E-state index in [1.54, 1.807) is 18.3 Å². The second kappa shape index (κ2) is 4.66. The molecule has 0 spiro atoms. The summed E-state index contributed by atoms with van der Waals surface area (Å²) in [6.45, 7) is 2.46. The largest absolute Gasteiger partial charge is 0.363 e. The number of aromatic nitrogens is 3. The first-order valence-corrected chi connectivity index (χ1v) is 5.28. The molecule has 0 radical (unpaired) electrons. The van der Waals surface area contributed by atoms with Crippen LogP contribution in [-0.4, -0.2) is 14.5 Å². The lowest BCUT2D eigenvalue weighted by atomic mass is 10.2. The number of anilines is 1. The minimum Gasteiger partial charge on any atom is -0.363 e. The molecule has 0 saturated carbocycles. The van der Waals surface area contributed by atoms with Gasteiger partial charge >= 0.3 is 0 Å². The highest BCUT2D eigenvalue weighted by Crippen LogP contribution is 2.10. The zero-order valence-corrected chi connectivity index (χ0v) is 9.81. The van der Waals surface area contributed by atoms with Crippen LogP contribution in [0.3, 0.4) is 0 Å². The van der Waals surface area contributed by atoms with E-state index >= 15 is 0 Å². The molecular formula is C12H13N5. The smallest absolute Gasteiger partial charge is 0.127 e. The zero-order chi connectivity index (χ0) is 12.3. The molecule has 86 valence electrons. The summed E-state index contributed by atoms with van der Waals surface area (Å²) in [5.74, 6) is 1.62.